The van der Waals surface area contributed by atoms with Crippen LogP contribution in [0.2, 0.25) is 0 Å². The lowest BCUT2D eigenvalue weighted by atomic mass is 9.92. The minimum Gasteiger partial charge on any atom is -0.287 e. The second-order valence-corrected chi connectivity index (χ2v) is 9.08. The highest BCUT2D eigenvalue weighted by atomic mass is 15.5. The lowest BCUT2D eigenvalue weighted by Crippen LogP contribution is -2.68. The Morgan fingerprint density at radius 1 is 0.931 bits per heavy atom. The van der Waals surface area contributed by atoms with Crippen molar-refractivity contribution in [2.45, 2.75) is 33.6 Å². The molecule has 3 aromatic rings. The summed E-state index contributed by atoms with van der Waals surface area (Å²) in [5.74, 6) is 2.41. The average molecular weight is 389 g/mol. The third kappa shape index (κ3) is 3.04. The predicted octanol–water partition coefficient (Wildman–Crippen LogP) is 4.07. The molecule has 0 amide bonds. The van der Waals surface area contributed by atoms with Crippen LogP contribution >= 0.6 is 0 Å². The van der Waals surface area contributed by atoms with Crippen LogP contribution in [0.5, 0.6) is 0 Å². The molecular formula is C24H30N5+. The van der Waals surface area contributed by atoms with Gasteiger partial charge in [0.25, 0.3) is 0 Å². The van der Waals surface area contributed by atoms with Crippen molar-refractivity contribution in [3.05, 3.63) is 47.7 Å². The van der Waals surface area contributed by atoms with Crippen molar-refractivity contribution in [3.63, 3.8) is 0 Å². The maximum atomic E-state index is 5.43. The zero-order valence-corrected chi connectivity index (χ0v) is 17.9. The third-order valence-electron chi connectivity index (χ3n) is 6.77. The molecule has 5 heterocycles. The average Bonchev–Trinajstić information content (AvgIpc) is 2.74. The zero-order valence-electron chi connectivity index (χ0n) is 17.9. The van der Waals surface area contributed by atoms with E-state index in [4.69, 9.17) is 4.98 Å². The van der Waals surface area contributed by atoms with Gasteiger partial charge in [-0.05, 0) is 31.2 Å². The fourth-order valence-electron chi connectivity index (χ4n) is 5.02. The minimum atomic E-state index is 0.333. The zero-order chi connectivity index (χ0) is 20.2. The minimum absolute atomic E-state index is 0.333. The van der Waals surface area contributed by atoms with Crippen molar-refractivity contribution in [2.24, 2.45) is 0 Å². The van der Waals surface area contributed by atoms with E-state index >= 15 is 0 Å². The molecule has 2 bridgehead atoms. The first kappa shape index (κ1) is 18.6. The van der Waals surface area contributed by atoms with Crippen molar-refractivity contribution in [1.29, 1.82) is 0 Å². The Hall–Kier alpha value is -2.37. The van der Waals surface area contributed by atoms with Gasteiger partial charge in [-0.15, -0.1) is 0 Å². The van der Waals surface area contributed by atoms with Gasteiger partial charge in [0.1, 0.15) is 5.82 Å². The normalized spacial score (nSPS) is 23.8. The van der Waals surface area contributed by atoms with Gasteiger partial charge in [0, 0.05) is 43.2 Å². The maximum absolute atomic E-state index is 5.43. The fourth-order valence-corrected chi connectivity index (χ4v) is 5.02. The Balaban J connectivity index is 1.83. The van der Waals surface area contributed by atoms with E-state index in [1.54, 1.807) is 0 Å². The summed E-state index contributed by atoms with van der Waals surface area (Å²) in [5.41, 5.74) is 4.73. The quantitative estimate of drug-likeness (QED) is 0.635. The van der Waals surface area contributed by atoms with Gasteiger partial charge in [-0.2, -0.15) is 4.98 Å². The number of rotatable bonds is 3. The topological polar surface area (TPSA) is 41.9 Å². The Morgan fingerprint density at radius 3 is 2.21 bits per heavy atom. The number of aromatic nitrogens is 3. The maximum Gasteiger partial charge on any atom is 0.235 e. The summed E-state index contributed by atoms with van der Waals surface area (Å²) in [4.78, 5) is 17.0. The monoisotopic (exact) mass is 388 g/mol. The van der Waals surface area contributed by atoms with Crippen LogP contribution in [0.3, 0.4) is 0 Å². The van der Waals surface area contributed by atoms with Gasteiger partial charge in [0.15, 0.2) is 0 Å². The highest BCUT2D eigenvalue weighted by Crippen LogP contribution is 2.42. The van der Waals surface area contributed by atoms with Crippen LogP contribution in [0.25, 0.3) is 21.9 Å². The van der Waals surface area contributed by atoms with E-state index in [2.05, 4.69) is 53.8 Å². The lowest BCUT2D eigenvalue weighted by molar-refractivity contribution is 0.0665. The number of nitrogens with zero attached hydrogens (tertiary/aromatic N) is 5. The van der Waals surface area contributed by atoms with Gasteiger partial charge in [-0.3, -0.25) is 9.38 Å². The van der Waals surface area contributed by atoms with E-state index in [1.807, 2.05) is 19.3 Å². The molecule has 0 N–H and O–H groups in total. The largest absolute Gasteiger partial charge is 0.287 e. The summed E-state index contributed by atoms with van der Waals surface area (Å²) in [6, 6.07) is 6.85. The summed E-state index contributed by atoms with van der Waals surface area (Å²) < 4.78 is 1.03. The summed E-state index contributed by atoms with van der Waals surface area (Å²) in [5, 5.41) is 2.59. The molecule has 150 valence electrons. The predicted molar refractivity (Wildman–Crippen MR) is 119 cm³/mol. The van der Waals surface area contributed by atoms with Gasteiger partial charge >= 0.3 is 0 Å². The van der Waals surface area contributed by atoms with Crippen molar-refractivity contribution < 1.29 is 0 Å². The van der Waals surface area contributed by atoms with Crippen molar-refractivity contribution >= 4 is 16.6 Å². The molecule has 3 fully saturated rings. The molecule has 3 aliphatic heterocycles. The molecule has 0 saturated carbocycles. The third-order valence-corrected chi connectivity index (χ3v) is 6.77. The van der Waals surface area contributed by atoms with Gasteiger partial charge in [0.2, 0.25) is 5.82 Å². The Kier molecular flexibility index (Phi) is 4.41. The number of aryl methyl sites for hydroxylation is 2. The second kappa shape index (κ2) is 6.85. The molecule has 2 aromatic heterocycles. The van der Waals surface area contributed by atoms with Crippen LogP contribution < -0.4 is 4.48 Å². The van der Waals surface area contributed by atoms with E-state index in [0.29, 0.717) is 5.92 Å². The van der Waals surface area contributed by atoms with Crippen LogP contribution in [0, 0.1) is 13.8 Å². The smallest absolute Gasteiger partial charge is 0.235 e. The number of hydrogen-bond donors (Lipinski definition) is 0. The molecule has 5 heteroatoms. The molecule has 0 aliphatic carbocycles. The molecule has 3 aliphatic rings. The van der Waals surface area contributed by atoms with E-state index in [9.17, 15) is 0 Å². The van der Waals surface area contributed by atoms with Gasteiger partial charge in [-0.1, -0.05) is 31.5 Å². The highest BCUT2D eigenvalue weighted by Gasteiger charge is 2.43. The van der Waals surface area contributed by atoms with Crippen LogP contribution in [-0.4, -0.2) is 59.1 Å². The number of piperazine rings is 3. The van der Waals surface area contributed by atoms with Gasteiger partial charge in [-0.25, -0.2) is 9.97 Å². The number of benzene rings is 1. The summed E-state index contributed by atoms with van der Waals surface area (Å²) in [6.45, 7) is 15.7. The van der Waals surface area contributed by atoms with Gasteiger partial charge in [0.05, 0.1) is 30.7 Å². The van der Waals surface area contributed by atoms with Crippen LogP contribution in [0.4, 0.5) is 5.82 Å². The summed E-state index contributed by atoms with van der Waals surface area (Å²) in [6.07, 6.45) is 3.91. The van der Waals surface area contributed by atoms with E-state index in [1.165, 1.54) is 72.7 Å². The molecule has 0 spiro atoms. The molecule has 0 radical (unpaired) electrons. The molecule has 3 saturated heterocycles. The molecule has 0 atom stereocenters. The molecule has 1 aromatic carbocycles. The molecule has 6 rings (SSSR count). The summed E-state index contributed by atoms with van der Waals surface area (Å²) >= 11 is 0. The molecule has 5 nitrogen and oxygen atoms in total. The van der Waals surface area contributed by atoms with Crippen LogP contribution in [0.1, 0.15) is 36.8 Å². The Morgan fingerprint density at radius 2 is 1.59 bits per heavy atom. The van der Waals surface area contributed by atoms with Crippen molar-refractivity contribution in [1.82, 2.24) is 24.3 Å². The van der Waals surface area contributed by atoms with Crippen molar-refractivity contribution in [2.75, 3.05) is 39.3 Å². The Bertz CT molecular complexity index is 1050. The number of hydrogen-bond acceptors (Lipinski definition) is 4. The molecule has 0 unspecified atom stereocenters. The number of quaternary nitrogens is 1. The van der Waals surface area contributed by atoms with E-state index < -0.39 is 0 Å². The molecule has 29 heavy (non-hydrogen) atoms. The highest BCUT2D eigenvalue weighted by molar-refractivity contribution is 6.03. The lowest BCUT2D eigenvalue weighted by Gasteiger charge is -2.49. The number of fused-ring (bicyclic) bond motifs is 4. The van der Waals surface area contributed by atoms with Gasteiger partial charge < -0.3 is 0 Å². The second-order valence-electron chi connectivity index (χ2n) is 9.08. The standard InChI is InChI=1S/C24H30N5/c1-16(2)23-22(19-14-25-18(4)26-15-19)20-6-5-17(3)13-21(20)24(27-23)29-10-7-28(8-11-29)9-12-29/h5-6,13-16H,7-12H2,1-4H3/q+1. The molecular weight excluding hydrogens is 358 g/mol. The van der Waals surface area contributed by atoms with Crippen LogP contribution in [-0.2, 0) is 0 Å². The van der Waals surface area contributed by atoms with E-state index in [-0.39, 0.29) is 0 Å². The van der Waals surface area contributed by atoms with E-state index in [0.717, 1.165) is 15.9 Å². The van der Waals surface area contributed by atoms with Crippen LogP contribution in [0.15, 0.2) is 30.6 Å². The van der Waals surface area contributed by atoms with Crippen molar-refractivity contribution in [3.8, 4) is 11.1 Å². The first-order valence-corrected chi connectivity index (χ1v) is 10.8. The SMILES string of the molecule is Cc1ccc2c(-c3cnc(C)nc3)c(C(C)C)nc([N+]34CCN(CC3)CC4)c2c1. The summed E-state index contributed by atoms with van der Waals surface area (Å²) in [7, 11) is 0. The first-order valence-electron chi connectivity index (χ1n) is 10.8. The number of pyridine rings is 1. The fraction of sp³-hybridized carbons (Fsp3) is 0.458. The first-order chi connectivity index (χ1) is 14.0. The Labute approximate surface area is 173 Å².